The molecule has 0 aromatic heterocycles. The topological polar surface area (TPSA) is 0 Å². The molecule has 0 atom stereocenters. The molecule has 0 fully saturated rings. The third-order valence-corrected chi connectivity index (χ3v) is 0.787. The van der Waals surface area contributed by atoms with Crippen molar-refractivity contribution in [3.8, 4) is 0 Å². The van der Waals surface area contributed by atoms with Crippen molar-refractivity contribution in [1.82, 2.24) is 0 Å². The van der Waals surface area contributed by atoms with E-state index in [1.807, 2.05) is 6.92 Å². The Morgan fingerprint density at radius 2 is 1.25 bits per heavy atom. The van der Waals surface area contributed by atoms with Crippen LogP contribution in [-0.2, 0) is 15.5 Å². The average Bonchev–Trinajstić information content (AvgIpc) is 1.56. The van der Waals surface area contributed by atoms with Crippen LogP contribution in [0.5, 0.6) is 0 Å². The second-order valence-corrected chi connectivity index (χ2v) is 4.29. The first-order valence-corrected chi connectivity index (χ1v) is 5.17. The number of hydrogen-bond donors (Lipinski definition) is 0. The predicted octanol–water partition coefficient (Wildman–Crippen LogP) is 4.91. The minimum absolute atomic E-state index is 0.736. The molecule has 0 amide bonds. The Morgan fingerprint density at radius 1 is 1.17 bits per heavy atom. The summed E-state index contributed by atoms with van der Waals surface area (Å²) in [7, 11) is -10.7. The molecular weight excluding hydrogens is 252 g/mol. The molecule has 12 heavy (non-hydrogen) atoms. The SMILES string of the molecule is C=C(C)[CH2][Ni+].F[P-](F)(F)(F)(F)F. The quantitative estimate of drug-likeness (QED) is 0.271. The number of halogens is 6. The summed E-state index contributed by atoms with van der Waals surface area (Å²) in [6.45, 7) is 5.51. The van der Waals surface area contributed by atoms with E-state index in [9.17, 15) is 25.2 Å². The summed E-state index contributed by atoms with van der Waals surface area (Å²) in [4.78, 5) is 0. The minimum atomic E-state index is -10.7. The van der Waals surface area contributed by atoms with Crippen molar-refractivity contribution >= 4 is 7.81 Å². The average molecular weight is 259 g/mol. The molecule has 0 heterocycles. The van der Waals surface area contributed by atoms with Gasteiger partial charge >= 0.3 is 72.9 Å². The third kappa shape index (κ3) is 174. The van der Waals surface area contributed by atoms with Gasteiger partial charge in [-0.1, -0.05) is 0 Å². The first-order valence-electron chi connectivity index (χ1n) is 2.44. The molecule has 0 radical (unpaired) electrons. The molecule has 0 aromatic rings. The van der Waals surface area contributed by atoms with Crippen molar-refractivity contribution in [3.63, 3.8) is 0 Å². The molecule has 0 bridgehead atoms. The van der Waals surface area contributed by atoms with Gasteiger partial charge in [-0.25, -0.2) is 0 Å². The van der Waals surface area contributed by atoms with Crippen molar-refractivity contribution in [2.45, 2.75) is 12.3 Å². The predicted molar refractivity (Wildman–Crippen MR) is 33.2 cm³/mol. The van der Waals surface area contributed by atoms with E-state index in [1.54, 1.807) is 0 Å². The van der Waals surface area contributed by atoms with Crippen LogP contribution in [-0.4, -0.2) is 0 Å². The summed E-state index contributed by atoms with van der Waals surface area (Å²) >= 11 is 4.33. The summed E-state index contributed by atoms with van der Waals surface area (Å²) in [5.41, 5.74) is 1.09. The molecule has 80 valence electrons. The Labute approximate surface area is 73.6 Å². The molecular formula is C4H7F6NiP. The summed E-state index contributed by atoms with van der Waals surface area (Å²) in [6.07, 6.45) is 0. The van der Waals surface area contributed by atoms with E-state index < -0.39 is 7.81 Å². The zero-order chi connectivity index (χ0) is 10.7. The molecule has 0 saturated carbocycles. The van der Waals surface area contributed by atoms with E-state index in [1.165, 1.54) is 0 Å². The van der Waals surface area contributed by atoms with Gasteiger partial charge in [0, 0.05) is 0 Å². The molecule has 0 unspecified atom stereocenters. The fourth-order valence-corrected chi connectivity index (χ4v) is 0. The maximum absolute atomic E-state index is 10.7. The number of allylic oxidation sites excluding steroid dienone is 1. The van der Waals surface area contributed by atoms with E-state index >= 15 is 0 Å². The zero-order valence-corrected chi connectivity index (χ0v) is 7.83. The first-order chi connectivity index (χ1) is 4.72. The molecule has 0 aliphatic carbocycles. The summed E-state index contributed by atoms with van der Waals surface area (Å²) in [6, 6.07) is 0. The maximum atomic E-state index is 9.87. The van der Waals surface area contributed by atoms with E-state index in [0.29, 0.717) is 0 Å². The van der Waals surface area contributed by atoms with Crippen LogP contribution in [0.1, 0.15) is 6.92 Å². The monoisotopic (exact) mass is 258 g/mol. The van der Waals surface area contributed by atoms with Crippen LogP contribution in [0.15, 0.2) is 12.2 Å². The third-order valence-electron chi connectivity index (χ3n) is 0.191. The van der Waals surface area contributed by atoms with Crippen LogP contribution in [0.25, 0.3) is 0 Å². The van der Waals surface area contributed by atoms with Gasteiger partial charge in [0.15, 0.2) is 0 Å². The van der Waals surface area contributed by atoms with Crippen LogP contribution < -0.4 is 0 Å². The van der Waals surface area contributed by atoms with Gasteiger partial charge in [-0.05, 0) is 0 Å². The fourth-order valence-electron chi connectivity index (χ4n) is 0. The standard InChI is InChI=1S/C4H7.F6P.Ni/c1-4(2)3;1-7(2,3,4,5)6;/h1-2H2,3H3;;/q;-1;+1. The fraction of sp³-hybridized carbons (Fsp3) is 0.500. The Morgan fingerprint density at radius 3 is 1.25 bits per heavy atom. The number of hydrogen-bond acceptors (Lipinski definition) is 0. The van der Waals surface area contributed by atoms with Crippen molar-refractivity contribution in [2.75, 3.05) is 0 Å². The zero-order valence-electron chi connectivity index (χ0n) is 5.95. The molecule has 8 heteroatoms. The number of rotatable bonds is 1. The van der Waals surface area contributed by atoms with Crippen molar-refractivity contribution in [2.24, 2.45) is 0 Å². The van der Waals surface area contributed by atoms with Crippen LogP contribution in [0.4, 0.5) is 25.2 Å². The van der Waals surface area contributed by atoms with Crippen molar-refractivity contribution in [3.05, 3.63) is 12.2 Å². The van der Waals surface area contributed by atoms with Gasteiger partial charge in [-0.2, -0.15) is 0 Å². The van der Waals surface area contributed by atoms with Gasteiger partial charge in [0.25, 0.3) is 0 Å². The van der Waals surface area contributed by atoms with E-state index in [4.69, 9.17) is 0 Å². The molecule has 0 saturated heterocycles. The molecule has 0 aliphatic rings. The molecule has 0 nitrogen and oxygen atoms in total. The molecule has 0 aliphatic heterocycles. The van der Waals surface area contributed by atoms with Gasteiger partial charge < -0.3 is 0 Å². The second-order valence-electron chi connectivity index (χ2n) is 2.03. The molecule has 0 rings (SSSR count). The normalized spacial score (nSPS) is 16.8. The van der Waals surface area contributed by atoms with Crippen LogP contribution in [0, 0.1) is 0 Å². The van der Waals surface area contributed by atoms with Crippen molar-refractivity contribution < 1.29 is 40.6 Å². The van der Waals surface area contributed by atoms with E-state index in [2.05, 4.69) is 22.0 Å². The van der Waals surface area contributed by atoms with E-state index in [-0.39, 0.29) is 0 Å². The van der Waals surface area contributed by atoms with Crippen LogP contribution in [0.2, 0.25) is 5.39 Å². The van der Waals surface area contributed by atoms with Crippen molar-refractivity contribution in [1.29, 1.82) is 0 Å². The van der Waals surface area contributed by atoms with Gasteiger partial charge in [0.05, 0.1) is 0 Å². The van der Waals surface area contributed by atoms with Gasteiger partial charge in [0.1, 0.15) is 0 Å². The van der Waals surface area contributed by atoms with Gasteiger partial charge in [-0.15, -0.1) is 0 Å². The summed E-state index contributed by atoms with van der Waals surface area (Å²) in [5, 5.41) is 0.736. The van der Waals surface area contributed by atoms with Gasteiger partial charge in [-0.3, -0.25) is 0 Å². The Bertz CT molecular complexity index is 153. The Hall–Kier alpha value is 0.244. The Balaban J connectivity index is 0. The second kappa shape index (κ2) is 3.19. The molecule has 0 spiro atoms. The summed E-state index contributed by atoms with van der Waals surface area (Å²) in [5.74, 6) is 0. The van der Waals surface area contributed by atoms with Crippen LogP contribution >= 0.6 is 7.81 Å². The van der Waals surface area contributed by atoms with Crippen LogP contribution in [0.3, 0.4) is 0 Å². The first kappa shape index (κ1) is 14.8. The summed E-state index contributed by atoms with van der Waals surface area (Å²) < 4.78 is 59.2. The molecule has 0 aromatic carbocycles. The Kier molecular flexibility index (Phi) is 3.92. The van der Waals surface area contributed by atoms with E-state index in [0.717, 1.165) is 11.0 Å². The molecule has 0 N–H and O–H groups in total. The van der Waals surface area contributed by atoms with Gasteiger partial charge in [0.2, 0.25) is 0 Å².